The van der Waals surface area contributed by atoms with Crippen LogP contribution in [0.2, 0.25) is 0 Å². The zero-order chi connectivity index (χ0) is 15.6. The molecule has 11 heteroatoms. The zero-order valence-electron chi connectivity index (χ0n) is 10.1. The predicted molar refractivity (Wildman–Crippen MR) is 63.9 cm³/mol. The van der Waals surface area contributed by atoms with Crippen LogP contribution >= 0.6 is 0 Å². The van der Waals surface area contributed by atoms with Crippen LogP contribution in [0.5, 0.6) is 0 Å². The monoisotopic (exact) mass is 313 g/mol. The first-order valence-corrected chi connectivity index (χ1v) is 6.58. The van der Waals surface area contributed by atoms with Crippen LogP contribution in [0.3, 0.4) is 0 Å². The Bertz CT molecular complexity index is 615. The van der Waals surface area contributed by atoms with Crippen molar-refractivity contribution in [3.05, 3.63) is 28.3 Å². The Hall–Kier alpha value is -1.88. The molecule has 0 aliphatic heterocycles. The molecule has 0 atom stereocenters. The molecule has 0 saturated carbocycles. The highest BCUT2D eigenvalue weighted by Crippen LogP contribution is 2.31. The Morgan fingerprint density at radius 3 is 2.40 bits per heavy atom. The SMILES string of the molecule is CNc1cccc(S(=O)(=O)NCC(F)(F)F)c1[N+](=O)[O-]. The minimum absolute atomic E-state index is 0.120. The van der Waals surface area contributed by atoms with E-state index in [9.17, 15) is 31.7 Å². The number of nitrogens with zero attached hydrogens (tertiary/aromatic N) is 1. The van der Waals surface area contributed by atoms with E-state index in [1.165, 1.54) is 23.9 Å². The molecule has 0 bridgehead atoms. The standard InChI is InChI=1S/C9H10F3N3O4S/c1-13-6-3-2-4-7(8(6)15(16)17)20(18,19)14-5-9(10,11)12/h2-4,13-14H,5H2,1H3. The summed E-state index contributed by atoms with van der Waals surface area (Å²) in [7, 11) is -3.33. The number of benzene rings is 1. The molecule has 20 heavy (non-hydrogen) atoms. The summed E-state index contributed by atoms with van der Waals surface area (Å²) in [4.78, 5) is 9.09. The number of anilines is 1. The fourth-order valence-corrected chi connectivity index (χ4v) is 2.59. The van der Waals surface area contributed by atoms with Crippen LogP contribution in [-0.4, -0.2) is 33.1 Å². The lowest BCUT2D eigenvalue weighted by atomic mass is 10.3. The molecule has 1 aromatic carbocycles. The number of nitrogens with one attached hydrogen (secondary N) is 2. The van der Waals surface area contributed by atoms with Crippen LogP contribution in [0.1, 0.15) is 0 Å². The number of nitro groups is 1. The lowest BCUT2D eigenvalue weighted by molar-refractivity contribution is -0.386. The van der Waals surface area contributed by atoms with Crippen molar-refractivity contribution < 1.29 is 26.5 Å². The third kappa shape index (κ3) is 3.81. The first-order valence-electron chi connectivity index (χ1n) is 5.10. The van der Waals surface area contributed by atoms with Gasteiger partial charge in [-0.05, 0) is 12.1 Å². The van der Waals surface area contributed by atoms with E-state index in [1.54, 1.807) is 0 Å². The molecule has 1 rings (SSSR count). The van der Waals surface area contributed by atoms with Crippen LogP contribution in [0.4, 0.5) is 24.5 Å². The average Bonchev–Trinajstić information content (AvgIpc) is 2.34. The van der Waals surface area contributed by atoms with Gasteiger partial charge in [-0.1, -0.05) is 6.07 Å². The Morgan fingerprint density at radius 2 is 1.95 bits per heavy atom. The molecular weight excluding hydrogens is 303 g/mol. The third-order valence-corrected chi connectivity index (χ3v) is 3.64. The van der Waals surface area contributed by atoms with Crippen LogP contribution in [-0.2, 0) is 10.0 Å². The van der Waals surface area contributed by atoms with Crippen LogP contribution in [0, 0.1) is 10.1 Å². The lowest BCUT2D eigenvalue weighted by Gasteiger charge is -2.11. The number of nitro benzene ring substituents is 1. The molecule has 0 heterocycles. The molecule has 0 saturated heterocycles. The van der Waals surface area contributed by atoms with Gasteiger partial charge in [-0.25, -0.2) is 13.1 Å². The van der Waals surface area contributed by atoms with Gasteiger partial charge in [-0.15, -0.1) is 0 Å². The minimum atomic E-state index is -4.76. The van der Waals surface area contributed by atoms with Gasteiger partial charge in [-0.3, -0.25) is 10.1 Å². The second-order valence-corrected chi connectivity index (χ2v) is 5.33. The summed E-state index contributed by atoms with van der Waals surface area (Å²) in [5.74, 6) is 0. The Kier molecular flexibility index (Phi) is 4.55. The molecule has 0 aliphatic rings. The van der Waals surface area contributed by atoms with E-state index in [4.69, 9.17) is 0 Å². The third-order valence-electron chi connectivity index (χ3n) is 2.20. The topological polar surface area (TPSA) is 101 Å². The first kappa shape index (κ1) is 16.2. The summed E-state index contributed by atoms with van der Waals surface area (Å²) in [6, 6.07) is 3.28. The average molecular weight is 313 g/mol. The second kappa shape index (κ2) is 5.63. The molecule has 0 aromatic heterocycles. The smallest absolute Gasteiger partial charge is 0.383 e. The van der Waals surface area contributed by atoms with Gasteiger partial charge in [0.2, 0.25) is 10.0 Å². The molecule has 0 fully saturated rings. The number of hydrogen-bond donors (Lipinski definition) is 2. The molecule has 0 radical (unpaired) electrons. The molecule has 0 unspecified atom stereocenters. The molecule has 1 aromatic rings. The van der Waals surface area contributed by atoms with Crippen molar-refractivity contribution in [1.82, 2.24) is 4.72 Å². The van der Waals surface area contributed by atoms with Crippen molar-refractivity contribution >= 4 is 21.4 Å². The van der Waals surface area contributed by atoms with Crippen molar-refractivity contribution in [2.24, 2.45) is 0 Å². The molecule has 112 valence electrons. The van der Waals surface area contributed by atoms with Gasteiger partial charge >= 0.3 is 11.9 Å². The predicted octanol–water partition coefficient (Wildman–Crippen LogP) is 1.48. The fraction of sp³-hybridized carbons (Fsp3) is 0.333. The summed E-state index contributed by atoms with van der Waals surface area (Å²) in [5, 5.41) is 13.3. The zero-order valence-corrected chi connectivity index (χ0v) is 10.9. The summed E-state index contributed by atoms with van der Waals surface area (Å²) in [6.45, 7) is -1.81. The van der Waals surface area contributed by atoms with Gasteiger partial charge in [0, 0.05) is 7.05 Å². The maximum Gasteiger partial charge on any atom is 0.402 e. The Balaban J connectivity index is 3.28. The van der Waals surface area contributed by atoms with E-state index in [2.05, 4.69) is 5.32 Å². The van der Waals surface area contributed by atoms with Gasteiger partial charge in [0.25, 0.3) is 0 Å². The van der Waals surface area contributed by atoms with Crippen molar-refractivity contribution in [2.45, 2.75) is 11.1 Å². The summed E-state index contributed by atoms with van der Waals surface area (Å²) in [5.41, 5.74) is -0.936. The number of alkyl halides is 3. The van der Waals surface area contributed by atoms with Crippen LogP contribution in [0.15, 0.2) is 23.1 Å². The van der Waals surface area contributed by atoms with Gasteiger partial charge < -0.3 is 5.32 Å². The van der Waals surface area contributed by atoms with Crippen molar-refractivity contribution in [3.63, 3.8) is 0 Å². The van der Waals surface area contributed by atoms with Gasteiger partial charge in [-0.2, -0.15) is 13.2 Å². The van der Waals surface area contributed by atoms with Crippen molar-refractivity contribution in [2.75, 3.05) is 18.9 Å². The van der Waals surface area contributed by atoms with E-state index in [0.29, 0.717) is 0 Å². The number of hydrogen-bond acceptors (Lipinski definition) is 5. The number of para-hydroxylation sites is 1. The van der Waals surface area contributed by atoms with Gasteiger partial charge in [0.15, 0.2) is 4.90 Å². The second-order valence-electron chi connectivity index (χ2n) is 3.60. The van der Waals surface area contributed by atoms with Crippen LogP contribution in [0.25, 0.3) is 0 Å². The number of rotatable bonds is 5. The largest absolute Gasteiger partial charge is 0.402 e. The maximum absolute atomic E-state index is 12.0. The number of sulfonamides is 1. The van der Waals surface area contributed by atoms with E-state index in [0.717, 1.165) is 6.07 Å². The first-order chi connectivity index (χ1) is 9.08. The molecule has 0 aliphatic carbocycles. The Morgan fingerprint density at radius 1 is 1.35 bits per heavy atom. The summed E-state index contributed by atoms with van der Waals surface area (Å²) >= 11 is 0. The molecule has 0 amide bonds. The van der Waals surface area contributed by atoms with Crippen LogP contribution < -0.4 is 10.0 Å². The maximum atomic E-state index is 12.0. The summed E-state index contributed by atoms with van der Waals surface area (Å²) < 4.78 is 60.8. The minimum Gasteiger partial charge on any atom is -0.383 e. The van der Waals surface area contributed by atoms with Crippen molar-refractivity contribution in [1.29, 1.82) is 0 Å². The Labute approximate surface area is 112 Å². The number of halogens is 3. The molecule has 2 N–H and O–H groups in total. The normalized spacial score (nSPS) is 12.2. The van der Waals surface area contributed by atoms with Gasteiger partial charge in [0.05, 0.1) is 4.92 Å². The van der Waals surface area contributed by atoms with E-state index >= 15 is 0 Å². The highest BCUT2D eigenvalue weighted by molar-refractivity contribution is 7.89. The summed E-state index contributed by atoms with van der Waals surface area (Å²) in [6.07, 6.45) is -4.76. The molecule has 0 spiro atoms. The van der Waals surface area contributed by atoms with Crippen molar-refractivity contribution in [3.8, 4) is 0 Å². The lowest BCUT2D eigenvalue weighted by Crippen LogP contribution is -2.34. The van der Waals surface area contributed by atoms with Gasteiger partial charge in [0.1, 0.15) is 12.2 Å². The quantitative estimate of drug-likeness (QED) is 0.633. The molecular formula is C9H10F3N3O4S. The van der Waals surface area contributed by atoms with E-state index < -0.39 is 38.3 Å². The fourth-order valence-electron chi connectivity index (χ4n) is 1.38. The van der Waals surface area contributed by atoms with E-state index in [1.807, 2.05) is 0 Å². The highest BCUT2D eigenvalue weighted by Gasteiger charge is 2.33. The highest BCUT2D eigenvalue weighted by atomic mass is 32.2. The van der Waals surface area contributed by atoms with E-state index in [-0.39, 0.29) is 5.69 Å². The molecule has 7 nitrogen and oxygen atoms in total.